The molecular weight excluding hydrogens is 204 g/mol. The maximum atomic E-state index is 5.12. The molecule has 1 fully saturated rings. The largest absolute Gasteiger partial charge is 0.481 e. The fourth-order valence-corrected chi connectivity index (χ4v) is 2.00. The van der Waals surface area contributed by atoms with Crippen molar-refractivity contribution in [2.24, 2.45) is 0 Å². The van der Waals surface area contributed by atoms with Crippen molar-refractivity contribution in [2.45, 2.75) is 19.4 Å². The third-order valence-electron chi connectivity index (χ3n) is 2.91. The Labute approximate surface area is 95.8 Å². The zero-order valence-corrected chi connectivity index (χ0v) is 10.0. The van der Waals surface area contributed by atoms with E-state index in [9.17, 15) is 0 Å². The van der Waals surface area contributed by atoms with E-state index in [1.54, 1.807) is 13.4 Å². The summed E-state index contributed by atoms with van der Waals surface area (Å²) in [7, 11) is 1.62. The number of nitrogens with one attached hydrogen (secondary N) is 1. The summed E-state index contributed by atoms with van der Waals surface area (Å²) in [6.45, 7) is 7.30. The third kappa shape index (κ3) is 2.09. The van der Waals surface area contributed by atoms with Gasteiger partial charge in [-0.3, -0.25) is 0 Å². The van der Waals surface area contributed by atoms with Gasteiger partial charge in [0, 0.05) is 31.2 Å². The molecule has 0 unspecified atom stereocenters. The number of anilines is 1. The normalized spacial score (nSPS) is 19.6. The molecule has 1 aliphatic rings. The van der Waals surface area contributed by atoms with Crippen LogP contribution in [0.2, 0.25) is 0 Å². The van der Waals surface area contributed by atoms with Gasteiger partial charge in [-0.1, -0.05) is 0 Å². The number of rotatable bonds is 2. The molecule has 0 radical (unpaired) electrons. The van der Waals surface area contributed by atoms with Crippen molar-refractivity contribution in [3.05, 3.63) is 12.4 Å². The smallest absolute Gasteiger partial charge is 0.218 e. The molecule has 0 bridgehead atoms. The first-order chi connectivity index (χ1) is 7.63. The first-order valence-electron chi connectivity index (χ1n) is 5.48. The second kappa shape index (κ2) is 4.25. The summed E-state index contributed by atoms with van der Waals surface area (Å²) in [5.41, 5.74) is 0.0671. The molecule has 5 heteroatoms. The molecule has 1 aromatic rings. The average Bonchev–Trinajstić information content (AvgIpc) is 2.28. The molecule has 0 aromatic carbocycles. The highest BCUT2D eigenvalue weighted by Gasteiger charge is 2.30. The van der Waals surface area contributed by atoms with Gasteiger partial charge in [0.15, 0.2) is 0 Å². The summed E-state index contributed by atoms with van der Waals surface area (Å²) >= 11 is 0. The molecule has 88 valence electrons. The predicted molar refractivity (Wildman–Crippen MR) is 62.9 cm³/mol. The highest BCUT2D eigenvalue weighted by atomic mass is 16.5. The Morgan fingerprint density at radius 3 is 2.94 bits per heavy atom. The van der Waals surface area contributed by atoms with Crippen LogP contribution in [0.5, 0.6) is 5.88 Å². The van der Waals surface area contributed by atoms with Crippen LogP contribution in [0, 0.1) is 0 Å². The van der Waals surface area contributed by atoms with Crippen LogP contribution >= 0.6 is 0 Å². The lowest BCUT2D eigenvalue weighted by Gasteiger charge is -2.43. The Morgan fingerprint density at radius 2 is 2.25 bits per heavy atom. The van der Waals surface area contributed by atoms with E-state index >= 15 is 0 Å². The van der Waals surface area contributed by atoms with Crippen molar-refractivity contribution in [1.82, 2.24) is 15.3 Å². The van der Waals surface area contributed by atoms with Crippen molar-refractivity contribution in [3.8, 4) is 5.88 Å². The molecule has 1 aromatic heterocycles. The number of methoxy groups -OCH3 is 1. The molecule has 1 saturated heterocycles. The van der Waals surface area contributed by atoms with Gasteiger partial charge in [-0.25, -0.2) is 9.97 Å². The van der Waals surface area contributed by atoms with Crippen molar-refractivity contribution in [3.63, 3.8) is 0 Å². The molecule has 16 heavy (non-hydrogen) atoms. The Kier molecular flexibility index (Phi) is 2.96. The van der Waals surface area contributed by atoms with Crippen LogP contribution in [0.15, 0.2) is 12.4 Å². The first kappa shape index (κ1) is 11.1. The Hall–Kier alpha value is -1.36. The van der Waals surface area contributed by atoms with Crippen LogP contribution in [0.4, 0.5) is 5.82 Å². The first-order valence-corrected chi connectivity index (χ1v) is 5.48. The molecule has 2 rings (SSSR count). The fraction of sp³-hybridized carbons (Fsp3) is 0.636. The number of nitrogens with zero attached hydrogens (tertiary/aromatic N) is 3. The van der Waals surface area contributed by atoms with Crippen molar-refractivity contribution in [1.29, 1.82) is 0 Å². The van der Waals surface area contributed by atoms with E-state index in [0.29, 0.717) is 5.88 Å². The van der Waals surface area contributed by atoms with Crippen LogP contribution in [0.1, 0.15) is 13.8 Å². The Bertz CT molecular complexity index is 367. The third-order valence-corrected chi connectivity index (χ3v) is 2.91. The topological polar surface area (TPSA) is 50.3 Å². The van der Waals surface area contributed by atoms with Crippen molar-refractivity contribution in [2.75, 3.05) is 31.6 Å². The van der Waals surface area contributed by atoms with Crippen LogP contribution in [0.25, 0.3) is 0 Å². The number of hydrogen-bond donors (Lipinski definition) is 1. The van der Waals surface area contributed by atoms with Gasteiger partial charge in [-0.15, -0.1) is 0 Å². The fourth-order valence-electron chi connectivity index (χ4n) is 2.00. The lowest BCUT2D eigenvalue weighted by atomic mass is 10.0. The van der Waals surface area contributed by atoms with E-state index < -0.39 is 0 Å². The molecule has 0 amide bonds. The summed E-state index contributed by atoms with van der Waals surface area (Å²) in [5.74, 6) is 1.54. The van der Waals surface area contributed by atoms with Gasteiger partial charge in [0.2, 0.25) is 5.88 Å². The lowest BCUT2D eigenvalue weighted by Crippen LogP contribution is -2.58. The summed E-state index contributed by atoms with van der Waals surface area (Å²) in [6, 6.07) is 1.88. The number of hydrogen-bond acceptors (Lipinski definition) is 5. The molecule has 5 nitrogen and oxygen atoms in total. The van der Waals surface area contributed by atoms with E-state index in [-0.39, 0.29) is 5.54 Å². The predicted octanol–water partition coefficient (Wildman–Crippen LogP) is 0.673. The number of piperazine rings is 1. The Balaban J connectivity index is 2.27. The van der Waals surface area contributed by atoms with Gasteiger partial charge in [-0.05, 0) is 13.8 Å². The van der Waals surface area contributed by atoms with Crippen LogP contribution in [-0.2, 0) is 0 Å². The van der Waals surface area contributed by atoms with E-state index in [0.717, 1.165) is 25.5 Å². The van der Waals surface area contributed by atoms with Gasteiger partial charge in [0.25, 0.3) is 0 Å². The zero-order chi connectivity index (χ0) is 11.6. The molecule has 0 atom stereocenters. The second-order valence-corrected chi connectivity index (χ2v) is 4.56. The van der Waals surface area contributed by atoms with Gasteiger partial charge in [0.1, 0.15) is 12.1 Å². The zero-order valence-electron chi connectivity index (χ0n) is 10.0. The van der Waals surface area contributed by atoms with E-state index in [1.165, 1.54) is 0 Å². The van der Waals surface area contributed by atoms with Crippen LogP contribution < -0.4 is 15.0 Å². The highest BCUT2D eigenvalue weighted by molar-refractivity contribution is 5.44. The molecular formula is C11H18N4O. The maximum absolute atomic E-state index is 5.12. The van der Waals surface area contributed by atoms with Gasteiger partial charge in [0.05, 0.1) is 7.11 Å². The molecule has 0 aliphatic carbocycles. The number of aromatic nitrogens is 2. The summed E-state index contributed by atoms with van der Waals surface area (Å²) in [4.78, 5) is 10.6. The van der Waals surface area contributed by atoms with Crippen molar-refractivity contribution < 1.29 is 4.74 Å². The van der Waals surface area contributed by atoms with Gasteiger partial charge < -0.3 is 15.0 Å². The van der Waals surface area contributed by atoms with E-state index in [4.69, 9.17) is 4.74 Å². The molecule has 2 heterocycles. The quantitative estimate of drug-likeness (QED) is 0.797. The minimum atomic E-state index is 0.0671. The molecule has 1 N–H and O–H groups in total. The highest BCUT2D eigenvalue weighted by Crippen LogP contribution is 2.24. The summed E-state index contributed by atoms with van der Waals surface area (Å²) in [5, 5.41) is 3.39. The molecule has 0 saturated carbocycles. The average molecular weight is 222 g/mol. The summed E-state index contributed by atoms with van der Waals surface area (Å²) in [6.07, 6.45) is 1.55. The second-order valence-electron chi connectivity index (χ2n) is 4.56. The standard InChI is InChI=1S/C11H18N4O/c1-11(2)7-12-4-5-15(11)9-6-10(16-3)14-8-13-9/h6,8,12H,4-5,7H2,1-3H3. The number of ether oxygens (including phenoxy) is 1. The summed E-state index contributed by atoms with van der Waals surface area (Å²) < 4.78 is 5.12. The van der Waals surface area contributed by atoms with E-state index in [1.807, 2.05) is 6.07 Å². The monoisotopic (exact) mass is 222 g/mol. The minimum absolute atomic E-state index is 0.0671. The van der Waals surface area contributed by atoms with E-state index in [2.05, 4.69) is 34.0 Å². The van der Waals surface area contributed by atoms with Crippen molar-refractivity contribution >= 4 is 5.82 Å². The minimum Gasteiger partial charge on any atom is -0.481 e. The van der Waals surface area contributed by atoms with Crippen LogP contribution in [-0.4, -0.2) is 42.3 Å². The van der Waals surface area contributed by atoms with Gasteiger partial charge >= 0.3 is 0 Å². The maximum Gasteiger partial charge on any atom is 0.218 e. The molecule has 1 aliphatic heterocycles. The van der Waals surface area contributed by atoms with Gasteiger partial charge in [-0.2, -0.15) is 0 Å². The molecule has 0 spiro atoms. The SMILES string of the molecule is COc1cc(N2CCNCC2(C)C)ncn1. The lowest BCUT2D eigenvalue weighted by molar-refractivity contribution is 0.373. The van der Waals surface area contributed by atoms with Crippen LogP contribution in [0.3, 0.4) is 0 Å². The Morgan fingerprint density at radius 1 is 1.44 bits per heavy atom.